The lowest BCUT2D eigenvalue weighted by molar-refractivity contribution is 0.415. The average molecular weight is 354 g/mol. The molecule has 0 radical (unpaired) electrons. The van der Waals surface area contributed by atoms with E-state index in [0.29, 0.717) is 39.0 Å². The Morgan fingerprint density at radius 3 is 2.85 bits per heavy atom. The van der Waals surface area contributed by atoms with Gasteiger partial charge in [0.1, 0.15) is 11.3 Å². The molecule has 20 heavy (non-hydrogen) atoms. The molecule has 0 aliphatic heterocycles. The Hall–Kier alpha value is -1.72. The van der Waals surface area contributed by atoms with Gasteiger partial charge in [-0.3, -0.25) is 0 Å². The Morgan fingerprint density at radius 1 is 1.30 bits per heavy atom. The van der Waals surface area contributed by atoms with Gasteiger partial charge in [-0.1, -0.05) is 11.6 Å². The van der Waals surface area contributed by atoms with E-state index in [2.05, 4.69) is 20.9 Å². The first-order chi connectivity index (χ1) is 9.58. The van der Waals surface area contributed by atoms with E-state index >= 15 is 0 Å². The van der Waals surface area contributed by atoms with Crippen molar-refractivity contribution >= 4 is 44.3 Å². The van der Waals surface area contributed by atoms with Gasteiger partial charge >= 0.3 is 0 Å². The number of fused-ring (bicyclic) bond motifs is 1. The van der Waals surface area contributed by atoms with Crippen LogP contribution < -0.4 is 10.5 Å². The number of ether oxygens (including phenoxy) is 1. The van der Waals surface area contributed by atoms with Crippen LogP contribution in [0.4, 0.5) is 5.69 Å². The third-order valence-electron chi connectivity index (χ3n) is 2.87. The number of hydrogen-bond acceptors (Lipinski definition) is 4. The van der Waals surface area contributed by atoms with Gasteiger partial charge < -0.3 is 14.9 Å². The van der Waals surface area contributed by atoms with E-state index < -0.39 is 0 Å². The van der Waals surface area contributed by atoms with Gasteiger partial charge in [-0.15, -0.1) is 0 Å². The lowest BCUT2D eigenvalue weighted by Gasteiger charge is -2.00. The van der Waals surface area contributed by atoms with Crippen LogP contribution in [0.5, 0.6) is 5.75 Å². The number of anilines is 1. The van der Waals surface area contributed by atoms with Gasteiger partial charge in [0.05, 0.1) is 22.2 Å². The molecular weight excluding hydrogens is 344 g/mol. The Labute approximate surface area is 128 Å². The zero-order chi connectivity index (χ0) is 14.3. The quantitative estimate of drug-likeness (QED) is 0.689. The van der Waals surface area contributed by atoms with Crippen molar-refractivity contribution in [2.75, 3.05) is 12.8 Å². The highest BCUT2D eigenvalue weighted by Gasteiger charge is 2.15. The molecule has 1 aromatic heterocycles. The van der Waals surface area contributed by atoms with E-state index in [1.54, 1.807) is 31.4 Å². The van der Waals surface area contributed by atoms with E-state index in [9.17, 15) is 0 Å². The van der Waals surface area contributed by atoms with Crippen LogP contribution >= 0.6 is 27.5 Å². The highest BCUT2D eigenvalue weighted by molar-refractivity contribution is 9.10. The van der Waals surface area contributed by atoms with Crippen molar-refractivity contribution < 1.29 is 9.15 Å². The number of rotatable bonds is 2. The standard InChI is InChI=1S/C14H10BrClN2O2/c1-19-8-5-10(15)13-12(6-8)18-14(20-13)9-4-7(17)2-3-11(9)16/h2-6H,17H2,1H3. The van der Waals surface area contributed by atoms with Crippen LogP contribution in [0.25, 0.3) is 22.6 Å². The fourth-order valence-corrected chi connectivity index (χ4v) is 2.62. The number of methoxy groups -OCH3 is 1. The monoisotopic (exact) mass is 352 g/mol. The fourth-order valence-electron chi connectivity index (χ4n) is 1.91. The van der Waals surface area contributed by atoms with Crippen LogP contribution in [0.15, 0.2) is 39.2 Å². The molecule has 102 valence electrons. The zero-order valence-electron chi connectivity index (χ0n) is 10.5. The molecule has 3 aromatic rings. The molecule has 0 spiro atoms. The summed E-state index contributed by atoms with van der Waals surface area (Å²) in [5.74, 6) is 1.12. The molecule has 6 heteroatoms. The first-order valence-electron chi connectivity index (χ1n) is 5.78. The number of hydrogen-bond donors (Lipinski definition) is 1. The fraction of sp³-hybridized carbons (Fsp3) is 0.0714. The van der Waals surface area contributed by atoms with Crippen LogP contribution in [-0.2, 0) is 0 Å². The summed E-state index contributed by atoms with van der Waals surface area (Å²) in [5, 5.41) is 0.536. The molecule has 0 amide bonds. The molecule has 2 N–H and O–H groups in total. The Morgan fingerprint density at radius 2 is 2.10 bits per heavy atom. The van der Waals surface area contributed by atoms with E-state index in [1.165, 1.54) is 0 Å². The summed E-state index contributed by atoms with van der Waals surface area (Å²) >= 11 is 9.60. The normalized spacial score (nSPS) is 10.9. The summed E-state index contributed by atoms with van der Waals surface area (Å²) in [7, 11) is 1.60. The van der Waals surface area contributed by atoms with Crippen molar-refractivity contribution in [1.29, 1.82) is 0 Å². The predicted octanol–water partition coefficient (Wildman–Crippen LogP) is 4.50. The van der Waals surface area contributed by atoms with Gasteiger partial charge in [0, 0.05) is 11.8 Å². The van der Waals surface area contributed by atoms with E-state index in [4.69, 9.17) is 26.5 Å². The number of benzene rings is 2. The van der Waals surface area contributed by atoms with Crippen LogP contribution in [-0.4, -0.2) is 12.1 Å². The second-order valence-corrected chi connectivity index (χ2v) is 5.48. The largest absolute Gasteiger partial charge is 0.497 e. The minimum Gasteiger partial charge on any atom is -0.497 e. The van der Waals surface area contributed by atoms with Crippen LogP contribution in [0.3, 0.4) is 0 Å². The predicted molar refractivity (Wildman–Crippen MR) is 83.1 cm³/mol. The van der Waals surface area contributed by atoms with E-state index in [-0.39, 0.29) is 0 Å². The molecular formula is C14H10BrClN2O2. The molecule has 0 fully saturated rings. The number of halogens is 2. The van der Waals surface area contributed by atoms with Gasteiger partial charge in [-0.25, -0.2) is 4.98 Å². The molecule has 0 unspecified atom stereocenters. The summed E-state index contributed by atoms with van der Waals surface area (Å²) < 4.78 is 11.7. The Bertz CT molecular complexity index is 801. The summed E-state index contributed by atoms with van der Waals surface area (Å²) in [6, 6.07) is 8.80. The first-order valence-corrected chi connectivity index (χ1v) is 6.95. The second-order valence-electron chi connectivity index (χ2n) is 4.22. The van der Waals surface area contributed by atoms with Crippen LogP contribution in [0, 0.1) is 0 Å². The van der Waals surface area contributed by atoms with Crippen molar-refractivity contribution in [2.24, 2.45) is 0 Å². The highest BCUT2D eigenvalue weighted by atomic mass is 79.9. The number of nitrogens with zero attached hydrogens (tertiary/aromatic N) is 1. The molecule has 4 nitrogen and oxygen atoms in total. The zero-order valence-corrected chi connectivity index (χ0v) is 12.8. The van der Waals surface area contributed by atoms with Gasteiger partial charge in [0.2, 0.25) is 5.89 Å². The molecule has 0 saturated carbocycles. The smallest absolute Gasteiger partial charge is 0.228 e. The van der Waals surface area contributed by atoms with Gasteiger partial charge in [-0.05, 0) is 40.2 Å². The molecule has 0 saturated heterocycles. The maximum absolute atomic E-state index is 6.16. The van der Waals surface area contributed by atoms with E-state index in [1.807, 2.05) is 6.07 Å². The SMILES string of the molecule is COc1cc(Br)c2oc(-c3cc(N)ccc3Cl)nc2c1. The summed E-state index contributed by atoms with van der Waals surface area (Å²) in [4.78, 5) is 4.44. The second kappa shape index (κ2) is 5.00. The van der Waals surface area contributed by atoms with Crippen molar-refractivity contribution in [3.8, 4) is 17.2 Å². The van der Waals surface area contributed by atoms with Gasteiger partial charge in [-0.2, -0.15) is 0 Å². The number of oxazole rings is 1. The molecule has 2 aromatic carbocycles. The first kappa shape index (κ1) is 13.3. The lowest BCUT2D eigenvalue weighted by Crippen LogP contribution is -1.86. The molecule has 3 rings (SSSR count). The van der Waals surface area contributed by atoms with Gasteiger partial charge in [0.25, 0.3) is 0 Å². The number of nitrogen functional groups attached to an aromatic ring is 1. The minimum atomic E-state index is 0.422. The third-order valence-corrected chi connectivity index (χ3v) is 3.79. The number of aromatic nitrogens is 1. The summed E-state index contributed by atoms with van der Waals surface area (Å²) in [5.41, 5.74) is 8.36. The third kappa shape index (κ3) is 2.23. The lowest BCUT2D eigenvalue weighted by atomic mass is 10.2. The highest BCUT2D eigenvalue weighted by Crippen LogP contribution is 2.35. The van der Waals surface area contributed by atoms with Crippen LogP contribution in [0.2, 0.25) is 5.02 Å². The minimum absolute atomic E-state index is 0.422. The van der Waals surface area contributed by atoms with Crippen molar-refractivity contribution in [1.82, 2.24) is 4.98 Å². The molecule has 1 heterocycles. The van der Waals surface area contributed by atoms with Gasteiger partial charge in [0.15, 0.2) is 5.58 Å². The maximum Gasteiger partial charge on any atom is 0.228 e. The van der Waals surface area contributed by atoms with Crippen molar-refractivity contribution in [3.63, 3.8) is 0 Å². The van der Waals surface area contributed by atoms with E-state index in [0.717, 1.165) is 4.47 Å². The molecule has 0 atom stereocenters. The Kier molecular flexibility index (Phi) is 3.31. The number of nitrogens with two attached hydrogens (primary N) is 1. The average Bonchev–Trinajstić information content (AvgIpc) is 2.85. The topological polar surface area (TPSA) is 61.3 Å². The van der Waals surface area contributed by atoms with Crippen molar-refractivity contribution in [2.45, 2.75) is 0 Å². The molecule has 0 aliphatic carbocycles. The summed E-state index contributed by atoms with van der Waals surface area (Å²) in [6.07, 6.45) is 0. The molecule has 0 bridgehead atoms. The maximum atomic E-state index is 6.16. The Balaban J connectivity index is 2.22. The van der Waals surface area contributed by atoms with Crippen molar-refractivity contribution in [3.05, 3.63) is 39.8 Å². The molecule has 0 aliphatic rings. The summed E-state index contributed by atoms with van der Waals surface area (Å²) in [6.45, 7) is 0. The van der Waals surface area contributed by atoms with Crippen LogP contribution in [0.1, 0.15) is 0 Å².